The number of carbonyl (C=O) groups excluding carboxylic acids is 1. The molecule has 0 unspecified atom stereocenters. The van der Waals surface area contributed by atoms with Gasteiger partial charge in [0.2, 0.25) is 17.6 Å². The summed E-state index contributed by atoms with van der Waals surface area (Å²) in [6, 6.07) is 13.3. The van der Waals surface area contributed by atoms with E-state index in [9.17, 15) is 4.79 Å². The van der Waals surface area contributed by atoms with Crippen LogP contribution in [0, 0.1) is 0 Å². The molecule has 1 aromatic heterocycles. The summed E-state index contributed by atoms with van der Waals surface area (Å²) >= 11 is 0. The maximum absolute atomic E-state index is 12.3. The molecule has 3 rings (SSSR count). The molecule has 1 heterocycles. The number of nitrogens with one attached hydrogen (secondary N) is 1. The summed E-state index contributed by atoms with van der Waals surface area (Å²) in [5.41, 5.74) is 2.74. The molecule has 152 valence electrons. The molecule has 0 spiro atoms. The van der Waals surface area contributed by atoms with Crippen molar-refractivity contribution in [2.45, 2.75) is 32.6 Å². The van der Waals surface area contributed by atoms with Gasteiger partial charge in [-0.15, -0.1) is 0 Å². The molecule has 0 bridgehead atoms. The molecular formula is C22H25N3O4. The van der Waals surface area contributed by atoms with Gasteiger partial charge in [-0.1, -0.05) is 43.3 Å². The van der Waals surface area contributed by atoms with Gasteiger partial charge in [-0.25, -0.2) is 0 Å². The van der Waals surface area contributed by atoms with Gasteiger partial charge >= 0.3 is 0 Å². The van der Waals surface area contributed by atoms with Crippen LogP contribution in [-0.2, 0) is 11.2 Å². The zero-order valence-corrected chi connectivity index (χ0v) is 17.1. The van der Waals surface area contributed by atoms with Crippen LogP contribution in [0.1, 0.15) is 37.6 Å². The molecule has 0 fully saturated rings. The number of benzene rings is 2. The summed E-state index contributed by atoms with van der Waals surface area (Å²) in [6.07, 6.45) is 0.567. The van der Waals surface area contributed by atoms with E-state index < -0.39 is 0 Å². The largest absolute Gasteiger partial charge is 0.497 e. The first-order chi connectivity index (χ1) is 14.0. The lowest BCUT2D eigenvalue weighted by molar-refractivity contribution is -0.116. The fourth-order valence-electron chi connectivity index (χ4n) is 2.81. The van der Waals surface area contributed by atoms with Gasteiger partial charge in [0.05, 0.1) is 14.2 Å². The molecule has 0 radical (unpaired) electrons. The number of ether oxygens (including phenoxy) is 2. The van der Waals surface area contributed by atoms with Crippen molar-refractivity contribution in [3.05, 3.63) is 53.9 Å². The second-order valence-corrected chi connectivity index (χ2v) is 6.94. The molecule has 7 nitrogen and oxygen atoms in total. The van der Waals surface area contributed by atoms with Gasteiger partial charge in [0, 0.05) is 42.3 Å². The standard InChI is InChI=1S/C22H25N3O4/c1-14(2)15-5-7-16(8-6-15)22-24-21(29-25-22)10-9-20(26)23-17-11-18(27-3)13-19(12-17)28-4/h5-8,11-14H,9-10H2,1-4H3,(H,23,26). The third-order valence-electron chi connectivity index (χ3n) is 4.50. The first kappa shape index (κ1) is 20.4. The van der Waals surface area contributed by atoms with Crippen LogP contribution in [0.3, 0.4) is 0 Å². The van der Waals surface area contributed by atoms with Crippen LogP contribution in [0.15, 0.2) is 47.0 Å². The molecule has 0 atom stereocenters. The first-order valence-electron chi connectivity index (χ1n) is 9.44. The molecule has 0 aliphatic rings. The zero-order chi connectivity index (χ0) is 20.8. The summed E-state index contributed by atoms with van der Waals surface area (Å²) in [7, 11) is 3.12. The Morgan fingerprint density at radius 1 is 1.07 bits per heavy atom. The predicted octanol–water partition coefficient (Wildman–Crippen LogP) is 4.45. The Hall–Kier alpha value is -3.35. The smallest absolute Gasteiger partial charge is 0.227 e. The highest BCUT2D eigenvalue weighted by atomic mass is 16.5. The third-order valence-corrected chi connectivity index (χ3v) is 4.50. The van der Waals surface area contributed by atoms with Gasteiger partial charge in [-0.2, -0.15) is 4.98 Å². The van der Waals surface area contributed by atoms with E-state index in [0.29, 0.717) is 41.2 Å². The number of carbonyl (C=O) groups is 1. The van der Waals surface area contributed by atoms with Crippen LogP contribution < -0.4 is 14.8 Å². The number of rotatable bonds is 8. The van der Waals surface area contributed by atoms with Crippen LogP contribution in [-0.4, -0.2) is 30.3 Å². The molecule has 1 amide bonds. The van der Waals surface area contributed by atoms with E-state index in [4.69, 9.17) is 14.0 Å². The Bertz CT molecular complexity index is 942. The molecule has 0 aliphatic heterocycles. The van der Waals surface area contributed by atoms with Crippen molar-refractivity contribution in [2.24, 2.45) is 0 Å². The van der Waals surface area contributed by atoms with Crippen molar-refractivity contribution < 1.29 is 18.8 Å². The van der Waals surface area contributed by atoms with Crippen LogP contribution in [0.2, 0.25) is 0 Å². The maximum Gasteiger partial charge on any atom is 0.227 e. The fraction of sp³-hybridized carbons (Fsp3) is 0.318. The Labute approximate surface area is 170 Å². The number of hydrogen-bond donors (Lipinski definition) is 1. The van der Waals surface area contributed by atoms with Crippen molar-refractivity contribution in [1.29, 1.82) is 0 Å². The van der Waals surface area contributed by atoms with Crippen LogP contribution in [0.25, 0.3) is 11.4 Å². The number of amides is 1. The van der Waals surface area contributed by atoms with E-state index in [0.717, 1.165) is 5.56 Å². The molecule has 2 aromatic carbocycles. The highest BCUT2D eigenvalue weighted by Crippen LogP contribution is 2.26. The Morgan fingerprint density at radius 2 is 1.72 bits per heavy atom. The summed E-state index contributed by atoms with van der Waals surface area (Å²) < 4.78 is 15.7. The molecule has 0 saturated heterocycles. The Kier molecular flexibility index (Phi) is 6.49. The highest BCUT2D eigenvalue weighted by Gasteiger charge is 2.12. The predicted molar refractivity (Wildman–Crippen MR) is 110 cm³/mol. The normalized spacial score (nSPS) is 10.8. The maximum atomic E-state index is 12.3. The second kappa shape index (κ2) is 9.23. The molecule has 3 aromatic rings. The van der Waals surface area contributed by atoms with E-state index in [-0.39, 0.29) is 12.3 Å². The number of nitrogens with zero attached hydrogens (tertiary/aromatic N) is 2. The van der Waals surface area contributed by atoms with Gasteiger partial charge < -0.3 is 19.3 Å². The molecule has 1 N–H and O–H groups in total. The van der Waals surface area contributed by atoms with Crippen LogP contribution in [0.5, 0.6) is 11.5 Å². The zero-order valence-electron chi connectivity index (χ0n) is 17.1. The van der Waals surface area contributed by atoms with E-state index in [1.54, 1.807) is 32.4 Å². The average molecular weight is 395 g/mol. The van der Waals surface area contributed by atoms with Crippen molar-refractivity contribution >= 4 is 11.6 Å². The summed E-state index contributed by atoms with van der Waals surface area (Å²) in [5.74, 6) is 2.45. The summed E-state index contributed by atoms with van der Waals surface area (Å²) in [4.78, 5) is 16.7. The lowest BCUT2D eigenvalue weighted by Crippen LogP contribution is -2.12. The fourth-order valence-corrected chi connectivity index (χ4v) is 2.81. The molecule has 7 heteroatoms. The SMILES string of the molecule is COc1cc(NC(=O)CCc2nc(-c3ccc(C(C)C)cc3)no2)cc(OC)c1. The minimum atomic E-state index is -0.165. The average Bonchev–Trinajstić information content (AvgIpc) is 3.21. The van der Waals surface area contributed by atoms with Crippen LogP contribution in [0.4, 0.5) is 5.69 Å². The number of methoxy groups -OCH3 is 2. The molecular weight excluding hydrogens is 370 g/mol. The topological polar surface area (TPSA) is 86.5 Å². The van der Waals surface area contributed by atoms with Crippen LogP contribution >= 0.6 is 0 Å². The number of hydrogen-bond acceptors (Lipinski definition) is 6. The number of aromatic nitrogens is 2. The van der Waals surface area contributed by atoms with E-state index in [2.05, 4.69) is 41.4 Å². The van der Waals surface area contributed by atoms with Gasteiger partial charge in [0.15, 0.2) is 0 Å². The molecule has 0 aliphatic carbocycles. The van der Waals surface area contributed by atoms with Gasteiger partial charge in [-0.05, 0) is 11.5 Å². The van der Waals surface area contributed by atoms with Crippen molar-refractivity contribution in [3.8, 4) is 22.9 Å². The summed E-state index contributed by atoms with van der Waals surface area (Å²) in [5, 5.41) is 6.85. The lowest BCUT2D eigenvalue weighted by atomic mass is 10.0. The van der Waals surface area contributed by atoms with E-state index >= 15 is 0 Å². The number of anilines is 1. The Balaban J connectivity index is 1.58. The van der Waals surface area contributed by atoms with Gasteiger partial charge in [0.25, 0.3) is 0 Å². The minimum Gasteiger partial charge on any atom is -0.497 e. The highest BCUT2D eigenvalue weighted by molar-refractivity contribution is 5.91. The third kappa shape index (κ3) is 5.34. The van der Waals surface area contributed by atoms with Gasteiger partial charge in [0.1, 0.15) is 11.5 Å². The Morgan fingerprint density at radius 3 is 2.31 bits per heavy atom. The van der Waals surface area contributed by atoms with Crippen molar-refractivity contribution in [1.82, 2.24) is 10.1 Å². The van der Waals surface area contributed by atoms with E-state index in [1.165, 1.54) is 5.56 Å². The quantitative estimate of drug-likeness (QED) is 0.606. The monoisotopic (exact) mass is 395 g/mol. The lowest BCUT2D eigenvalue weighted by Gasteiger charge is -2.09. The number of aryl methyl sites for hydroxylation is 1. The van der Waals surface area contributed by atoms with Gasteiger partial charge in [-0.3, -0.25) is 4.79 Å². The molecule has 29 heavy (non-hydrogen) atoms. The minimum absolute atomic E-state index is 0.165. The second-order valence-electron chi connectivity index (χ2n) is 6.94. The summed E-state index contributed by atoms with van der Waals surface area (Å²) in [6.45, 7) is 4.29. The molecule has 0 saturated carbocycles. The van der Waals surface area contributed by atoms with Crippen molar-refractivity contribution in [3.63, 3.8) is 0 Å². The van der Waals surface area contributed by atoms with E-state index in [1.807, 2.05) is 12.1 Å². The first-order valence-corrected chi connectivity index (χ1v) is 9.44. The van der Waals surface area contributed by atoms with Crippen molar-refractivity contribution in [2.75, 3.05) is 19.5 Å².